The van der Waals surface area contributed by atoms with Crippen LogP contribution in [0.25, 0.3) is 0 Å². The first-order chi connectivity index (χ1) is 9.68. The smallest absolute Gasteiger partial charge is 0.0611 e. The predicted octanol–water partition coefficient (Wildman–Crippen LogP) is 1.44. The minimum atomic E-state index is 0.225. The highest BCUT2D eigenvalue weighted by Crippen LogP contribution is 2.42. The molecule has 2 aliphatic heterocycles. The van der Waals surface area contributed by atoms with Crippen LogP contribution in [-0.4, -0.2) is 66.3 Å². The van der Waals surface area contributed by atoms with Gasteiger partial charge in [0.05, 0.1) is 6.10 Å². The van der Waals surface area contributed by atoms with Crippen LogP contribution < -0.4 is 5.73 Å². The van der Waals surface area contributed by atoms with E-state index in [9.17, 15) is 0 Å². The van der Waals surface area contributed by atoms with Gasteiger partial charge in [0, 0.05) is 43.9 Å². The third-order valence-corrected chi connectivity index (χ3v) is 5.79. The van der Waals surface area contributed by atoms with Crippen molar-refractivity contribution < 1.29 is 4.74 Å². The fourth-order valence-electron chi connectivity index (χ4n) is 4.67. The number of ether oxygens (including phenoxy) is 1. The molecule has 4 nitrogen and oxygen atoms in total. The van der Waals surface area contributed by atoms with Crippen LogP contribution in [0, 0.1) is 0 Å². The molecule has 3 aliphatic rings. The molecule has 2 saturated heterocycles. The zero-order valence-electron chi connectivity index (χ0n) is 13.2. The number of nitrogens with two attached hydrogens (primary N) is 1. The van der Waals surface area contributed by atoms with E-state index in [0.29, 0.717) is 12.1 Å². The molecule has 2 atom stereocenters. The minimum absolute atomic E-state index is 0.225. The number of piperidine rings is 1. The Morgan fingerprint density at radius 1 is 1.25 bits per heavy atom. The molecule has 2 N–H and O–H groups in total. The van der Waals surface area contributed by atoms with Crippen molar-refractivity contribution in [1.29, 1.82) is 0 Å². The highest BCUT2D eigenvalue weighted by atomic mass is 16.5. The van der Waals surface area contributed by atoms with Gasteiger partial charge in [-0.05, 0) is 46.1 Å². The van der Waals surface area contributed by atoms with E-state index in [1.807, 2.05) is 0 Å². The van der Waals surface area contributed by atoms with Crippen LogP contribution in [0.15, 0.2) is 0 Å². The summed E-state index contributed by atoms with van der Waals surface area (Å²) in [5.74, 6) is 0. The van der Waals surface area contributed by atoms with Crippen molar-refractivity contribution in [2.24, 2.45) is 5.73 Å². The van der Waals surface area contributed by atoms with E-state index < -0.39 is 0 Å². The third-order valence-electron chi connectivity index (χ3n) is 5.79. The SMILES string of the molecule is CCOC1CC(CN)(N2CC3CCCCN3CC2C)C1. The van der Waals surface area contributed by atoms with Gasteiger partial charge in [0.15, 0.2) is 0 Å². The van der Waals surface area contributed by atoms with Crippen LogP contribution in [0.5, 0.6) is 0 Å². The second kappa shape index (κ2) is 5.91. The van der Waals surface area contributed by atoms with Crippen LogP contribution in [0.3, 0.4) is 0 Å². The summed E-state index contributed by atoms with van der Waals surface area (Å²) in [5, 5.41) is 0. The van der Waals surface area contributed by atoms with Crippen molar-refractivity contribution >= 4 is 0 Å². The molecule has 2 heterocycles. The summed E-state index contributed by atoms with van der Waals surface area (Å²) in [6.45, 7) is 9.84. The standard InChI is InChI=1S/C16H31N3O/c1-3-20-15-8-16(9-15,12-17)19-11-14-6-4-5-7-18(14)10-13(19)2/h13-15H,3-12,17H2,1-2H3. The molecule has 2 unspecified atom stereocenters. The van der Waals surface area contributed by atoms with Crippen molar-refractivity contribution in [2.75, 3.05) is 32.8 Å². The molecule has 0 radical (unpaired) electrons. The summed E-state index contributed by atoms with van der Waals surface area (Å²) >= 11 is 0. The van der Waals surface area contributed by atoms with Gasteiger partial charge in [-0.3, -0.25) is 9.80 Å². The van der Waals surface area contributed by atoms with Crippen molar-refractivity contribution in [2.45, 2.75) is 69.7 Å². The number of rotatable bonds is 4. The quantitative estimate of drug-likeness (QED) is 0.847. The van der Waals surface area contributed by atoms with Crippen LogP contribution in [-0.2, 0) is 4.74 Å². The Kier molecular flexibility index (Phi) is 4.37. The lowest BCUT2D eigenvalue weighted by molar-refractivity contribution is -0.136. The van der Waals surface area contributed by atoms with Crippen molar-refractivity contribution in [3.8, 4) is 0 Å². The van der Waals surface area contributed by atoms with Crippen LogP contribution >= 0.6 is 0 Å². The number of hydrogen-bond donors (Lipinski definition) is 1. The van der Waals surface area contributed by atoms with E-state index in [0.717, 1.165) is 32.0 Å². The zero-order chi connectivity index (χ0) is 14.2. The fraction of sp³-hybridized carbons (Fsp3) is 1.00. The van der Waals surface area contributed by atoms with Gasteiger partial charge in [0.2, 0.25) is 0 Å². The summed E-state index contributed by atoms with van der Waals surface area (Å²) < 4.78 is 5.77. The van der Waals surface area contributed by atoms with E-state index in [1.54, 1.807) is 0 Å². The maximum absolute atomic E-state index is 6.18. The normalized spacial score (nSPS) is 43.0. The van der Waals surface area contributed by atoms with Crippen LogP contribution in [0.2, 0.25) is 0 Å². The first kappa shape index (κ1) is 14.8. The number of nitrogens with zero attached hydrogens (tertiary/aromatic N) is 2. The average molecular weight is 281 g/mol. The zero-order valence-corrected chi connectivity index (χ0v) is 13.2. The van der Waals surface area contributed by atoms with Gasteiger partial charge in [-0.15, -0.1) is 0 Å². The molecule has 20 heavy (non-hydrogen) atoms. The van der Waals surface area contributed by atoms with Crippen LogP contribution in [0.4, 0.5) is 0 Å². The molecule has 1 aliphatic carbocycles. The van der Waals surface area contributed by atoms with Gasteiger partial charge in [-0.2, -0.15) is 0 Å². The lowest BCUT2D eigenvalue weighted by Gasteiger charge is -2.60. The Morgan fingerprint density at radius 3 is 2.75 bits per heavy atom. The van der Waals surface area contributed by atoms with Gasteiger partial charge in [-0.25, -0.2) is 0 Å². The maximum Gasteiger partial charge on any atom is 0.0611 e. The van der Waals surface area contributed by atoms with Crippen molar-refractivity contribution in [3.63, 3.8) is 0 Å². The molecule has 0 aromatic heterocycles. The molecule has 0 spiro atoms. The molecule has 1 saturated carbocycles. The maximum atomic E-state index is 6.18. The number of hydrogen-bond acceptors (Lipinski definition) is 4. The Morgan fingerprint density at radius 2 is 2.05 bits per heavy atom. The summed E-state index contributed by atoms with van der Waals surface area (Å²) in [6, 6.07) is 1.41. The molecule has 0 aromatic rings. The molecule has 3 rings (SSSR count). The molecular formula is C16H31N3O. The summed E-state index contributed by atoms with van der Waals surface area (Å²) in [7, 11) is 0. The molecule has 3 fully saturated rings. The topological polar surface area (TPSA) is 41.7 Å². The Balaban J connectivity index is 1.66. The largest absolute Gasteiger partial charge is 0.378 e. The summed E-state index contributed by atoms with van der Waals surface area (Å²) in [6.07, 6.45) is 6.87. The lowest BCUT2D eigenvalue weighted by atomic mass is 9.71. The van der Waals surface area contributed by atoms with E-state index in [2.05, 4.69) is 23.6 Å². The highest BCUT2D eigenvalue weighted by Gasteiger charge is 2.51. The second-order valence-corrected chi connectivity index (χ2v) is 7.06. The molecule has 0 bridgehead atoms. The summed E-state index contributed by atoms with van der Waals surface area (Å²) in [4.78, 5) is 5.45. The number of fused-ring (bicyclic) bond motifs is 1. The molecule has 4 heteroatoms. The van der Waals surface area contributed by atoms with Crippen LogP contribution in [0.1, 0.15) is 46.0 Å². The second-order valence-electron chi connectivity index (χ2n) is 7.06. The van der Waals surface area contributed by atoms with Gasteiger partial charge < -0.3 is 10.5 Å². The first-order valence-electron chi connectivity index (χ1n) is 8.51. The average Bonchev–Trinajstić information content (AvgIpc) is 2.42. The lowest BCUT2D eigenvalue weighted by Crippen LogP contribution is -2.71. The van der Waals surface area contributed by atoms with Gasteiger partial charge in [0.25, 0.3) is 0 Å². The van der Waals surface area contributed by atoms with E-state index in [1.165, 1.54) is 38.9 Å². The third kappa shape index (κ3) is 2.52. The Bertz CT molecular complexity index is 330. The monoisotopic (exact) mass is 281 g/mol. The molecule has 116 valence electrons. The first-order valence-corrected chi connectivity index (χ1v) is 8.51. The fourth-order valence-corrected chi connectivity index (χ4v) is 4.67. The predicted molar refractivity (Wildman–Crippen MR) is 81.8 cm³/mol. The Hall–Kier alpha value is -0.160. The molecule has 0 aromatic carbocycles. The van der Waals surface area contributed by atoms with E-state index in [-0.39, 0.29) is 5.54 Å². The van der Waals surface area contributed by atoms with Gasteiger partial charge >= 0.3 is 0 Å². The van der Waals surface area contributed by atoms with Crippen molar-refractivity contribution in [3.05, 3.63) is 0 Å². The highest BCUT2D eigenvalue weighted by molar-refractivity contribution is 5.08. The van der Waals surface area contributed by atoms with Gasteiger partial charge in [-0.1, -0.05) is 6.42 Å². The Labute approximate surface area is 123 Å². The van der Waals surface area contributed by atoms with E-state index >= 15 is 0 Å². The number of piperazine rings is 1. The van der Waals surface area contributed by atoms with Gasteiger partial charge in [0.1, 0.15) is 0 Å². The van der Waals surface area contributed by atoms with Crippen molar-refractivity contribution in [1.82, 2.24) is 9.80 Å². The minimum Gasteiger partial charge on any atom is -0.378 e. The molecular weight excluding hydrogens is 250 g/mol. The molecule has 0 amide bonds. The summed E-state index contributed by atoms with van der Waals surface area (Å²) in [5.41, 5.74) is 6.40. The van der Waals surface area contributed by atoms with E-state index in [4.69, 9.17) is 10.5 Å².